The average molecular weight is 211 g/mol. The van der Waals surface area contributed by atoms with Crippen LogP contribution in [0.3, 0.4) is 0 Å². The molecule has 0 radical (unpaired) electrons. The lowest BCUT2D eigenvalue weighted by Crippen LogP contribution is -2.51. The van der Waals surface area contributed by atoms with Crippen LogP contribution in [0.15, 0.2) is 0 Å². The third kappa shape index (κ3) is 2.94. The van der Waals surface area contributed by atoms with E-state index in [4.69, 9.17) is 0 Å². The van der Waals surface area contributed by atoms with Crippen LogP contribution in [0.5, 0.6) is 0 Å². The quantitative estimate of drug-likeness (QED) is 0.720. The summed E-state index contributed by atoms with van der Waals surface area (Å²) in [6, 6.07) is 0.757. The molecule has 1 aliphatic heterocycles. The predicted molar refractivity (Wildman–Crippen MR) is 62.9 cm³/mol. The highest BCUT2D eigenvalue weighted by Gasteiger charge is 2.33. The van der Waals surface area contributed by atoms with Crippen molar-refractivity contribution in [1.29, 1.82) is 0 Å². The molecular weight excluding hydrogens is 186 g/mol. The van der Waals surface area contributed by atoms with Gasteiger partial charge in [0.05, 0.1) is 5.60 Å². The highest BCUT2D eigenvalue weighted by atomic mass is 16.3. The number of nitrogens with zero attached hydrogens (tertiary/aromatic N) is 1. The standard InChI is InChI=1S/C13H25NO/c1-11-4-6-12(7-5-11)14-9-3-8-13(2,15)10-14/h11-12,15H,3-10H2,1-2H3. The van der Waals surface area contributed by atoms with Crippen molar-refractivity contribution in [3.8, 4) is 0 Å². The molecular formula is C13H25NO. The van der Waals surface area contributed by atoms with Gasteiger partial charge in [-0.1, -0.05) is 6.92 Å². The number of aliphatic hydroxyl groups is 1. The maximum absolute atomic E-state index is 10.1. The number of likely N-dealkylation sites (tertiary alicyclic amines) is 1. The van der Waals surface area contributed by atoms with E-state index < -0.39 is 5.60 Å². The van der Waals surface area contributed by atoms with Crippen molar-refractivity contribution in [3.63, 3.8) is 0 Å². The molecule has 1 aliphatic carbocycles. The molecule has 2 aliphatic rings. The van der Waals surface area contributed by atoms with Gasteiger partial charge < -0.3 is 5.11 Å². The highest BCUT2D eigenvalue weighted by molar-refractivity contribution is 4.88. The van der Waals surface area contributed by atoms with Crippen molar-refractivity contribution in [3.05, 3.63) is 0 Å². The Morgan fingerprint density at radius 1 is 1.20 bits per heavy atom. The zero-order valence-electron chi connectivity index (χ0n) is 10.2. The van der Waals surface area contributed by atoms with Gasteiger partial charge in [0.25, 0.3) is 0 Å². The normalized spacial score (nSPS) is 44.2. The summed E-state index contributed by atoms with van der Waals surface area (Å²) in [5.41, 5.74) is -0.429. The molecule has 1 saturated heterocycles. The number of hydrogen-bond acceptors (Lipinski definition) is 2. The van der Waals surface area contributed by atoms with E-state index in [1.807, 2.05) is 6.92 Å². The maximum Gasteiger partial charge on any atom is 0.0746 e. The molecule has 2 nitrogen and oxygen atoms in total. The molecule has 0 aromatic carbocycles. The van der Waals surface area contributed by atoms with Crippen LogP contribution in [-0.4, -0.2) is 34.7 Å². The molecule has 0 amide bonds. The predicted octanol–water partition coefficient (Wildman–Crippen LogP) is 2.41. The second kappa shape index (κ2) is 4.42. The van der Waals surface area contributed by atoms with E-state index in [-0.39, 0.29) is 0 Å². The Labute approximate surface area is 93.7 Å². The minimum absolute atomic E-state index is 0.429. The fourth-order valence-electron chi connectivity index (χ4n) is 3.18. The minimum Gasteiger partial charge on any atom is -0.389 e. The van der Waals surface area contributed by atoms with Gasteiger partial charge in [-0.25, -0.2) is 0 Å². The number of piperidine rings is 1. The first-order valence-corrected chi connectivity index (χ1v) is 6.53. The summed E-state index contributed by atoms with van der Waals surface area (Å²) in [6.45, 7) is 6.45. The van der Waals surface area contributed by atoms with Gasteiger partial charge in [0.1, 0.15) is 0 Å². The number of β-amino-alcohol motifs (C(OH)–C–C–N with tert-alkyl or cyclic N) is 1. The summed E-state index contributed by atoms with van der Waals surface area (Å²) in [4.78, 5) is 2.54. The fourth-order valence-corrected chi connectivity index (χ4v) is 3.18. The molecule has 1 unspecified atom stereocenters. The number of hydrogen-bond donors (Lipinski definition) is 1. The van der Waals surface area contributed by atoms with Crippen LogP contribution in [0.25, 0.3) is 0 Å². The van der Waals surface area contributed by atoms with Crippen LogP contribution >= 0.6 is 0 Å². The topological polar surface area (TPSA) is 23.5 Å². The van der Waals surface area contributed by atoms with Crippen molar-refractivity contribution in [1.82, 2.24) is 4.90 Å². The van der Waals surface area contributed by atoms with Crippen molar-refractivity contribution in [2.75, 3.05) is 13.1 Å². The Bertz CT molecular complexity index is 207. The lowest BCUT2D eigenvalue weighted by Gasteiger charge is -2.43. The molecule has 1 saturated carbocycles. The fraction of sp³-hybridized carbons (Fsp3) is 1.00. The van der Waals surface area contributed by atoms with Gasteiger partial charge in [0, 0.05) is 12.6 Å². The number of rotatable bonds is 1. The first kappa shape index (κ1) is 11.4. The van der Waals surface area contributed by atoms with Crippen molar-refractivity contribution < 1.29 is 5.11 Å². The molecule has 15 heavy (non-hydrogen) atoms. The Morgan fingerprint density at radius 3 is 2.47 bits per heavy atom. The van der Waals surface area contributed by atoms with E-state index in [1.54, 1.807) is 0 Å². The SMILES string of the molecule is CC1CCC(N2CCCC(C)(O)C2)CC1. The summed E-state index contributed by atoms with van der Waals surface area (Å²) in [5, 5.41) is 10.1. The van der Waals surface area contributed by atoms with Gasteiger partial charge in [0.2, 0.25) is 0 Å². The third-order valence-corrected chi connectivity index (χ3v) is 4.21. The second-order valence-corrected chi connectivity index (χ2v) is 5.98. The largest absolute Gasteiger partial charge is 0.389 e. The van der Waals surface area contributed by atoms with Crippen LogP contribution in [0.4, 0.5) is 0 Å². The summed E-state index contributed by atoms with van der Waals surface area (Å²) in [6.07, 6.45) is 7.59. The zero-order chi connectivity index (χ0) is 10.9. The van der Waals surface area contributed by atoms with Crippen LogP contribution in [0.2, 0.25) is 0 Å². The van der Waals surface area contributed by atoms with Crippen molar-refractivity contribution in [2.45, 2.75) is 64.0 Å². The smallest absolute Gasteiger partial charge is 0.0746 e. The molecule has 0 aromatic heterocycles. The lowest BCUT2D eigenvalue weighted by atomic mass is 9.84. The zero-order valence-corrected chi connectivity index (χ0v) is 10.2. The Kier molecular flexibility index (Phi) is 3.36. The van der Waals surface area contributed by atoms with E-state index >= 15 is 0 Å². The van der Waals surface area contributed by atoms with Gasteiger partial charge >= 0.3 is 0 Å². The molecule has 1 N–H and O–H groups in total. The Morgan fingerprint density at radius 2 is 1.87 bits per heavy atom. The van der Waals surface area contributed by atoms with E-state index in [1.165, 1.54) is 38.6 Å². The first-order valence-electron chi connectivity index (χ1n) is 6.53. The average Bonchev–Trinajstić information content (AvgIpc) is 2.17. The molecule has 2 rings (SSSR count). The van der Waals surface area contributed by atoms with Crippen LogP contribution < -0.4 is 0 Å². The van der Waals surface area contributed by atoms with Gasteiger partial charge in [-0.3, -0.25) is 4.90 Å². The maximum atomic E-state index is 10.1. The summed E-state index contributed by atoms with van der Waals surface area (Å²) >= 11 is 0. The van der Waals surface area contributed by atoms with Gasteiger partial charge in [-0.2, -0.15) is 0 Å². The molecule has 0 bridgehead atoms. The van der Waals surface area contributed by atoms with Crippen LogP contribution in [0, 0.1) is 5.92 Å². The highest BCUT2D eigenvalue weighted by Crippen LogP contribution is 2.30. The third-order valence-electron chi connectivity index (χ3n) is 4.21. The van der Waals surface area contributed by atoms with Gasteiger partial charge in [-0.05, 0) is 57.9 Å². The van der Waals surface area contributed by atoms with E-state index in [2.05, 4.69) is 11.8 Å². The van der Waals surface area contributed by atoms with Gasteiger partial charge in [-0.15, -0.1) is 0 Å². The van der Waals surface area contributed by atoms with Crippen molar-refractivity contribution >= 4 is 0 Å². The van der Waals surface area contributed by atoms with E-state index in [9.17, 15) is 5.11 Å². The molecule has 0 spiro atoms. The minimum atomic E-state index is -0.429. The van der Waals surface area contributed by atoms with E-state index in [0.717, 1.165) is 24.9 Å². The molecule has 1 heterocycles. The summed E-state index contributed by atoms with van der Waals surface area (Å²) in [5.74, 6) is 0.923. The molecule has 0 aromatic rings. The first-order chi connectivity index (χ1) is 7.07. The Balaban J connectivity index is 1.88. The molecule has 88 valence electrons. The van der Waals surface area contributed by atoms with Crippen LogP contribution in [-0.2, 0) is 0 Å². The molecule has 2 fully saturated rings. The molecule has 1 atom stereocenters. The van der Waals surface area contributed by atoms with E-state index in [0.29, 0.717) is 0 Å². The lowest BCUT2D eigenvalue weighted by molar-refractivity contribution is -0.0366. The second-order valence-electron chi connectivity index (χ2n) is 5.98. The van der Waals surface area contributed by atoms with Crippen LogP contribution in [0.1, 0.15) is 52.4 Å². The summed E-state index contributed by atoms with van der Waals surface area (Å²) < 4.78 is 0. The molecule has 2 heteroatoms. The monoisotopic (exact) mass is 211 g/mol. The van der Waals surface area contributed by atoms with Crippen molar-refractivity contribution in [2.24, 2.45) is 5.92 Å². The Hall–Kier alpha value is -0.0800. The van der Waals surface area contributed by atoms with Gasteiger partial charge in [0.15, 0.2) is 0 Å². The summed E-state index contributed by atoms with van der Waals surface area (Å²) in [7, 11) is 0.